The summed E-state index contributed by atoms with van der Waals surface area (Å²) in [5.74, 6) is 0.264. The molecule has 3 aliphatic rings. The molecule has 2 aromatic carbocycles. The molecule has 2 saturated heterocycles. The number of aryl methyl sites for hydroxylation is 1. The molecular weight excluding hydrogens is 717 g/mol. The van der Waals surface area contributed by atoms with Crippen LogP contribution in [0.5, 0.6) is 0 Å². The summed E-state index contributed by atoms with van der Waals surface area (Å²) < 4.78 is 59.3. The Hall–Kier alpha value is -5.26. The third kappa shape index (κ3) is 11.6. The lowest BCUT2D eigenvalue weighted by Gasteiger charge is -2.34. The maximum Gasteiger partial charge on any atom is 0.416 e. The zero-order valence-electron chi connectivity index (χ0n) is 32.0. The van der Waals surface area contributed by atoms with E-state index in [1.165, 1.54) is 66.8 Å². The molecule has 5 heterocycles. The van der Waals surface area contributed by atoms with Gasteiger partial charge in [-0.2, -0.15) is 18.3 Å². The van der Waals surface area contributed by atoms with Crippen molar-refractivity contribution in [3.63, 3.8) is 0 Å². The summed E-state index contributed by atoms with van der Waals surface area (Å²) in [7, 11) is 0. The first-order valence-electron chi connectivity index (χ1n) is 19.1. The number of fused-ring (bicyclic) bond motifs is 1. The number of aromatic nitrogens is 2. The number of hydrogen-bond donors (Lipinski definition) is 4. The lowest BCUT2D eigenvalue weighted by atomic mass is 9.82. The van der Waals surface area contributed by atoms with Crippen molar-refractivity contribution in [3.8, 4) is 11.1 Å². The number of nitrogens with one attached hydrogen (secondary N) is 4. The van der Waals surface area contributed by atoms with E-state index in [4.69, 9.17) is 4.74 Å². The van der Waals surface area contributed by atoms with Crippen LogP contribution in [-0.2, 0) is 17.3 Å². The number of hydrogen-bond acceptors (Lipinski definition) is 6. The number of allylic oxidation sites excluding steroid dienone is 4. The second-order valence-electron chi connectivity index (χ2n) is 14.5. The van der Waals surface area contributed by atoms with E-state index in [0.717, 1.165) is 56.0 Å². The monoisotopic (exact) mass is 768 g/mol. The maximum atomic E-state index is 13.9. The van der Waals surface area contributed by atoms with Crippen molar-refractivity contribution in [3.05, 3.63) is 145 Å². The Balaban J connectivity index is 0.000000199. The number of piperidine rings is 2. The largest absolute Gasteiger partial charge is 0.492 e. The van der Waals surface area contributed by atoms with Crippen LogP contribution < -0.4 is 16.1 Å². The third-order valence-corrected chi connectivity index (χ3v) is 10.3. The van der Waals surface area contributed by atoms with Gasteiger partial charge in [0.15, 0.2) is 0 Å². The zero-order valence-corrected chi connectivity index (χ0v) is 32.0. The molecular formula is C45H52F4N6O. The summed E-state index contributed by atoms with van der Waals surface area (Å²) in [4.78, 5) is 7.86. The van der Waals surface area contributed by atoms with Crippen molar-refractivity contribution >= 4 is 22.8 Å². The molecule has 4 aromatic rings. The van der Waals surface area contributed by atoms with Crippen LogP contribution in [0.15, 0.2) is 128 Å². The molecule has 7 nitrogen and oxygen atoms in total. The summed E-state index contributed by atoms with van der Waals surface area (Å²) in [5.41, 5.74) is 7.14. The van der Waals surface area contributed by atoms with E-state index in [-0.39, 0.29) is 16.6 Å². The molecule has 0 radical (unpaired) electrons. The van der Waals surface area contributed by atoms with Crippen molar-refractivity contribution < 1.29 is 22.3 Å². The van der Waals surface area contributed by atoms with Crippen molar-refractivity contribution in [2.45, 2.75) is 51.6 Å². The number of halogens is 4. The molecule has 0 bridgehead atoms. The molecule has 4 N–H and O–H groups in total. The minimum Gasteiger partial charge on any atom is -0.492 e. The minimum absolute atomic E-state index is 0.0175. The minimum atomic E-state index is -4.66. The number of alkyl halides is 3. The third-order valence-electron chi connectivity index (χ3n) is 10.3. The molecule has 3 aliphatic heterocycles. The van der Waals surface area contributed by atoms with E-state index >= 15 is 0 Å². The second kappa shape index (κ2) is 20.1. The summed E-state index contributed by atoms with van der Waals surface area (Å²) in [5, 5.41) is 12.0. The van der Waals surface area contributed by atoms with E-state index in [0.29, 0.717) is 24.0 Å². The summed E-state index contributed by atoms with van der Waals surface area (Å²) in [6, 6.07) is 15.2. The average Bonchev–Trinajstić information content (AvgIpc) is 3.64. The zero-order chi connectivity index (χ0) is 40.0. The van der Waals surface area contributed by atoms with Crippen molar-refractivity contribution in [1.29, 1.82) is 0 Å². The fourth-order valence-corrected chi connectivity index (χ4v) is 7.01. The summed E-state index contributed by atoms with van der Waals surface area (Å²) in [6.45, 7) is 17.4. The van der Waals surface area contributed by atoms with Crippen molar-refractivity contribution in [1.82, 2.24) is 26.0 Å². The molecule has 0 amide bonds. The lowest BCUT2D eigenvalue weighted by Crippen LogP contribution is -2.37. The van der Waals surface area contributed by atoms with Crippen LogP contribution in [0.1, 0.15) is 55.7 Å². The van der Waals surface area contributed by atoms with Crippen LogP contribution in [0.25, 0.3) is 27.7 Å². The number of pyridine rings is 1. The van der Waals surface area contributed by atoms with Crippen LogP contribution >= 0.6 is 0 Å². The second-order valence-corrected chi connectivity index (χ2v) is 14.5. The molecule has 7 rings (SSSR count). The van der Waals surface area contributed by atoms with Gasteiger partial charge in [0, 0.05) is 52.2 Å². The Morgan fingerprint density at radius 3 is 2.36 bits per heavy atom. The first-order chi connectivity index (χ1) is 27.0. The van der Waals surface area contributed by atoms with E-state index in [9.17, 15) is 17.6 Å². The molecule has 56 heavy (non-hydrogen) atoms. The fraction of sp³-hybridized carbons (Fsp3) is 0.333. The maximum absolute atomic E-state index is 13.9. The van der Waals surface area contributed by atoms with Crippen molar-refractivity contribution in [2.24, 2.45) is 16.4 Å². The van der Waals surface area contributed by atoms with E-state index in [1.54, 1.807) is 18.2 Å². The molecule has 0 aliphatic carbocycles. The molecule has 0 unspecified atom stereocenters. The van der Waals surface area contributed by atoms with Crippen LogP contribution in [0.3, 0.4) is 0 Å². The highest BCUT2D eigenvalue weighted by Gasteiger charge is 2.32. The van der Waals surface area contributed by atoms with E-state index in [1.807, 2.05) is 6.20 Å². The average molecular weight is 769 g/mol. The number of nitrogens with zero attached hydrogens (tertiary/aromatic N) is 2. The number of aromatic amines is 1. The molecule has 0 atom stereocenters. The van der Waals surface area contributed by atoms with E-state index in [2.05, 4.69) is 100 Å². The molecule has 296 valence electrons. The van der Waals surface area contributed by atoms with Gasteiger partial charge >= 0.3 is 6.18 Å². The summed E-state index contributed by atoms with van der Waals surface area (Å²) in [6.07, 6.45) is 14.0. The van der Waals surface area contributed by atoms with Gasteiger partial charge in [-0.3, -0.25) is 5.43 Å². The van der Waals surface area contributed by atoms with Gasteiger partial charge < -0.3 is 20.4 Å². The predicted molar refractivity (Wildman–Crippen MR) is 220 cm³/mol. The SMILES string of the molecule is C=C1/C(c2cc(F)cc(C(F)(F)F)c2)=C\N/N=C\C=C/1OCC1(C)CCNCC1.C=CC=C.c1ccc(-c2c[nH]c3nccc(CCC4CCNCC4)c23)cc1. The van der Waals surface area contributed by atoms with Gasteiger partial charge in [-0.15, -0.1) is 0 Å². The highest BCUT2D eigenvalue weighted by Crippen LogP contribution is 2.37. The Bertz CT molecular complexity index is 2010. The van der Waals surface area contributed by atoms with Gasteiger partial charge in [0.25, 0.3) is 0 Å². The highest BCUT2D eigenvalue weighted by molar-refractivity contribution is 5.96. The predicted octanol–water partition coefficient (Wildman–Crippen LogP) is 10.1. The van der Waals surface area contributed by atoms with Gasteiger partial charge in [-0.25, -0.2) is 9.37 Å². The van der Waals surface area contributed by atoms with Crippen molar-refractivity contribution in [2.75, 3.05) is 32.8 Å². The van der Waals surface area contributed by atoms with Gasteiger partial charge in [0.2, 0.25) is 0 Å². The van der Waals surface area contributed by atoms with Gasteiger partial charge in [-0.05, 0) is 112 Å². The lowest BCUT2D eigenvalue weighted by molar-refractivity contribution is -0.137. The number of hydrazone groups is 1. The van der Waals surface area contributed by atoms with Crippen LogP contribution in [-0.4, -0.2) is 49.0 Å². The number of benzene rings is 2. The molecule has 0 saturated carbocycles. The first-order valence-corrected chi connectivity index (χ1v) is 19.1. The summed E-state index contributed by atoms with van der Waals surface area (Å²) >= 11 is 0. The number of ether oxygens (including phenoxy) is 1. The number of H-pyrrole nitrogens is 1. The van der Waals surface area contributed by atoms with Gasteiger partial charge in [0.1, 0.15) is 17.2 Å². The van der Waals surface area contributed by atoms with Crippen LogP contribution in [0, 0.1) is 17.2 Å². The Kier molecular flexibility index (Phi) is 15.0. The normalized spacial score (nSPS) is 19.5. The first kappa shape index (κ1) is 41.9. The number of rotatable bonds is 9. The van der Waals surface area contributed by atoms with Gasteiger partial charge in [-0.1, -0.05) is 69.1 Å². The van der Waals surface area contributed by atoms with Crippen LogP contribution in [0.2, 0.25) is 0 Å². The highest BCUT2D eigenvalue weighted by atomic mass is 19.4. The molecule has 2 aromatic heterocycles. The van der Waals surface area contributed by atoms with E-state index < -0.39 is 17.6 Å². The Labute approximate surface area is 327 Å². The topological polar surface area (TPSA) is 86.4 Å². The molecule has 2 fully saturated rings. The molecule has 11 heteroatoms. The smallest absolute Gasteiger partial charge is 0.416 e. The Morgan fingerprint density at radius 2 is 1.66 bits per heavy atom. The quantitative estimate of drug-likeness (QED) is 0.101. The van der Waals surface area contributed by atoms with Gasteiger partial charge in [0.05, 0.1) is 18.4 Å². The standard InChI is InChI=1S/C21H23F4N3O.C20H23N3.C4H6/c1-14-18(15-9-16(21(23,24)25)11-17(22)10-15)12-28-27-6-3-19(14)29-13-20(2)4-7-26-8-5-20;1-2-4-16(5-3-1)18-14-23-20-19(18)17(10-13-22-20)7-6-15-8-11-21-12-9-15;1-3-4-2/h3,6,9-12,26,28H,1,4-5,7-8,13H2,2H3;1-5,10,13-15,21H,6-9,11-12H2,(H,22,23);3-4H,1-2H2/b18-12+,19-3+,27-6-;;. The molecule has 0 spiro atoms. The van der Waals surface area contributed by atoms with Crippen LogP contribution in [0.4, 0.5) is 17.6 Å². The Morgan fingerprint density at radius 1 is 0.946 bits per heavy atom. The fourth-order valence-electron chi connectivity index (χ4n) is 7.01.